The van der Waals surface area contributed by atoms with E-state index in [0.717, 1.165) is 38.1 Å². The second-order valence-corrected chi connectivity index (χ2v) is 9.51. The molecule has 1 saturated heterocycles. The van der Waals surface area contributed by atoms with Gasteiger partial charge in [-0.25, -0.2) is 23.1 Å². The number of nitrogens with zero attached hydrogens (tertiary/aromatic N) is 6. The Balaban J connectivity index is 1.58. The van der Waals surface area contributed by atoms with Gasteiger partial charge in [-0.1, -0.05) is 12.2 Å². The first-order chi connectivity index (χ1) is 13.8. The zero-order valence-electron chi connectivity index (χ0n) is 16.0. The Morgan fingerprint density at radius 1 is 1.17 bits per heavy atom. The van der Waals surface area contributed by atoms with E-state index in [2.05, 4.69) is 41.2 Å². The van der Waals surface area contributed by atoms with Crippen molar-refractivity contribution in [2.75, 3.05) is 37.9 Å². The van der Waals surface area contributed by atoms with Gasteiger partial charge in [-0.2, -0.15) is 0 Å². The highest BCUT2D eigenvalue weighted by Gasteiger charge is 2.17. The number of piperazine rings is 1. The fourth-order valence-corrected chi connectivity index (χ4v) is 4.25. The molecule has 0 saturated carbocycles. The van der Waals surface area contributed by atoms with Gasteiger partial charge in [0, 0.05) is 38.1 Å². The second-order valence-electron chi connectivity index (χ2n) is 6.45. The van der Waals surface area contributed by atoms with Crippen molar-refractivity contribution >= 4 is 50.1 Å². The zero-order chi connectivity index (χ0) is 20.9. The van der Waals surface area contributed by atoms with E-state index in [4.69, 9.17) is 12.2 Å². The van der Waals surface area contributed by atoms with Crippen molar-refractivity contribution in [3.8, 4) is 0 Å². The van der Waals surface area contributed by atoms with Crippen LogP contribution in [-0.2, 0) is 10.0 Å². The number of thiocarbonyl (C=S) groups is 1. The number of anilines is 1. The highest BCUT2D eigenvalue weighted by Crippen LogP contribution is 2.21. The van der Waals surface area contributed by atoms with Crippen molar-refractivity contribution in [3.63, 3.8) is 0 Å². The van der Waals surface area contributed by atoms with E-state index >= 15 is 0 Å². The van der Waals surface area contributed by atoms with Crippen LogP contribution in [-0.4, -0.2) is 65.7 Å². The number of likely N-dealkylation sites (N-methyl/N-ethyl adjacent to an activating group) is 1. The summed E-state index contributed by atoms with van der Waals surface area (Å²) >= 11 is 6.53. The van der Waals surface area contributed by atoms with Gasteiger partial charge in [0.15, 0.2) is 4.32 Å². The van der Waals surface area contributed by atoms with Crippen molar-refractivity contribution in [2.24, 2.45) is 9.63 Å². The monoisotopic (exact) mass is 451 g/mol. The fourth-order valence-electron chi connectivity index (χ4n) is 2.52. The predicted octanol–water partition coefficient (Wildman–Crippen LogP) is 2.85. The van der Waals surface area contributed by atoms with Crippen LogP contribution in [0, 0.1) is 6.92 Å². The summed E-state index contributed by atoms with van der Waals surface area (Å²) in [6.07, 6.45) is 1.49. The van der Waals surface area contributed by atoms with Crippen molar-refractivity contribution in [2.45, 2.75) is 11.8 Å². The lowest BCUT2D eigenvalue weighted by Crippen LogP contribution is -2.45. The molecule has 0 spiro atoms. The minimum Gasteiger partial charge on any atom is -0.353 e. The third-order valence-electron chi connectivity index (χ3n) is 4.20. The molecule has 1 aliphatic heterocycles. The summed E-state index contributed by atoms with van der Waals surface area (Å²) in [7, 11) is -1.70. The highest BCUT2D eigenvalue weighted by molar-refractivity contribution is 8.21. The summed E-state index contributed by atoms with van der Waals surface area (Å²) in [4.78, 5) is 12.4. The van der Waals surface area contributed by atoms with Crippen molar-refractivity contribution in [1.29, 1.82) is 0 Å². The van der Waals surface area contributed by atoms with Gasteiger partial charge in [0.1, 0.15) is 0 Å². The van der Waals surface area contributed by atoms with E-state index in [9.17, 15) is 8.42 Å². The molecule has 2 heterocycles. The molecule has 0 amide bonds. The van der Waals surface area contributed by atoms with E-state index in [1.165, 1.54) is 18.3 Å². The van der Waals surface area contributed by atoms with Gasteiger partial charge < -0.3 is 9.80 Å². The van der Waals surface area contributed by atoms with Gasteiger partial charge in [-0.3, -0.25) is 0 Å². The van der Waals surface area contributed by atoms with E-state index < -0.39 is 10.0 Å². The number of nitrogens with one attached hydrogen (secondary N) is 1. The number of sulfonamides is 1. The minimum absolute atomic E-state index is 0.0302. The molecule has 1 aromatic carbocycles. The Labute approximate surface area is 179 Å². The summed E-state index contributed by atoms with van der Waals surface area (Å²) in [5.41, 5.74) is 1.20. The second kappa shape index (κ2) is 9.57. The van der Waals surface area contributed by atoms with Crippen molar-refractivity contribution in [1.82, 2.24) is 19.8 Å². The topological polar surface area (TPSA) is 103 Å². The van der Waals surface area contributed by atoms with Gasteiger partial charge in [-0.05, 0) is 44.3 Å². The lowest BCUT2D eigenvalue weighted by molar-refractivity contribution is 0.220. The van der Waals surface area contributed by atoms with Crippen LogP contribution in [0.15, 0.2) is 51.1 Å². The molecule has 2 aromatic rings. The number of aromatic nitrogens is 2. The first kappa shape index (κ1) is 21.6. The Morgan fingerprint density at radius 3 is 2.52 bits per heavy atom. The average molecular weight is 452 g/mol. The van der Waals surface area contributed by atoms with Gasteiger partial charge in [-0.15, -0.1) is 9.63 Å². The SMILES string of the molecule is Cc1ccnc(NS(=O)(=O)c2ccc(N=NSC(=S)N3CCN(C)CC3)cc2)n1. The van der Waals surface area contributed by atoms with Crippen LogP contribution in [0.3, 0.4) is 0 Å². The minimum atomic E-state index is -3.78. The average Bonchev–Trinajstić information content (AvgIpc) is 2.68. The molecule has 3 rings (SSSR count). The van der Waals surface area contributed by atoms with Gasteiger partial charge in [0.2, 0.25) is 5.95 Å². The standard InChI is InChI=1S/C17H21N7O2S3/c1-13-7-8-18-16(19-13)21-29(25,26)15-5-3-14(4-6-15)20-22-28-17(27)24-11-9-23(2)10-12-24/h3-8H,9-12H2,1-2H3,(H,18,19,21). The molecular formula is C17H21N7O2S3. The third kappa shape index (κ3) is 6.16. The molecule has 1 fully saturated rings. The Bertz CT molecular complexity index is 988. The number of hydrogen-bond acceptors (Lipinski definition) is 9. The quantitative estimate of drug-likeness (QED) is 0.420. The van der Waals surface area contributed by atoms with Gasteiger partial charge in [0.05, 0.1) is 22.5 Å². The van der Waals surface area contributed by atoms with Crippen LogP contribution >= 0.6 is 24.2 Å². The summed E-state index contributed by atoms with van der Waals surface area (Å²) in [5, 5.41) is 4.10. The predicted molar refractivity (Wildman–Crippen MR) is 118 cm³/mol. The number of hydrogen-bond donors (Lipinski definition) is 1. The molecule has 1 aliphatic rings. The molecule has 0 radical (unpaired) electrons. The van der Waals surface area contributed by atoms with Crippen LogP contribution in [0.1, 0.15) is 5.69 Å². The lowest BCUT2D eigenvalue weighted by Gasteiger charge is -2.32. The molecule has 1 N–H and O–H groups in total. The molecule has 29 heavy (non-hydrogen) atoms. The summed E-state index contributed by atoms with van der Waals surface area (Å²) in [6.45, 7) is 5.45. The molecule has 9 nitrogen and oxygen atoms in total. The smallest absolute Gasteiger partial charge is 0.264 e. The lowest BCUT2D eigenvalue weighted by atomic mass is 10.3. The van der Waals surface area contributed by atoms with E-state index in [1.807, 2.05) is 0 Å². The summed E-state index contributed by atoms with van der Waals surface area (Å²) < 4.78 is 32.0. The number of rotatable bonds is 5. The fraction of sp³-hybridized carbons (Fsp3) is 0.353. The molecule has 0 aliphatic carbocycles. The highest BCUT2D eigenvalue weighted by atomic mass is 32.2. The van der Waals surface area contributed by atoms with E-state index in [-0.39, 0.29) is 10.8 Å². The summed E-state index contributed by atoms with van der Waals surface area (Å²) in [5.74, 6) is 0.0302. The normalized spacial score (nSPS) is 15.6. The van der Waals surface area contributed by atoms with Crippen LogP contribution < -0.4 is 4.72 Å². The number of benzene rings is 1. The number of aryl methyl sites for hydroxylation is 1. The molecule has 154 valence electrons. The molecule has 12 heteroatoms. The maximum atomic E-state index is 12.5. The first-order valence-corrected chi connectivity index (χ1v) is 11.5. The van der Waals surface area contributed by atoms with E-state index in [0.29, 0.717) is 15.7 Å². The van der Waals surface area contributed by atoms with Crippen LogP contribution in [0.2, 0.25) is 0 Å². The Morgan fingerprint density at radius 2 is 1.86 bits per heavy atom. The maximum absolute atomic E-state index is 12.5. The zero-order valence-corrected chi connectivity index (χ0v) is 18.5. The van der Waals surface area contributed by atoms with Crippen molar-refractivity contribution < 1.29 is 8.42 Å². The molecule has 0 bridgehead atoms. The van der Waals surface area contributed by atoms with E-state index in [1.54, 1.807) is 25.1 Å². The Hall–Kier alpha value is -2.15. The third-order valence-corrected chi connectivity index (χ3v) is 6.61. The molecule has 0 atom stereocenters. The Kier molecular flexibility index (Phi) is 7.11. The maximum Gasteiger partial charge on any atom is 0.264 e. The van der Waals surface area contributed by atoms with Crippen LogP contribution in [0.4, 0.5) is 11.6 Å². The van der Waals surface area contributed by atoms with Crippen molar-refractivity contribution in [3.05, 3.63) is 42.2 Å². The largest absolute Gasteiger partial charge is 0.353 e. The molecule has 0 unspecified atom stereocenters. The van der Waals surface area contributed by atoms with Crippen LogP contribution in [0.5, 0.6) is 0 Å². The molecule has 1 aromatic heterocycles. The van der Waals surface area contributed by atoms with Gasteiger partial charge in [0.25, 0.3) is 10.0 Å². The molecular weight excluding hydrogens is 430 g/mol. The first-order valence-electron chi connectivity index (χ1n) is 8.81. The summed E-state index contributed by atoms with van der Waals surface area (Å²) in [6, 6.07) is 7.75. The van der Waals surface area contributed by atoms with Crippen LogP contribution in [0.25, 0.3) is 0 Å². The van der Waals surface area contributed by atoms with Gasteiger partial charge >= 0.3 is 0 Å².